The summed E-state index contributed by atoms with van der Waals surface area (Å²) < 4.78 is 38.9. The molecule has 3 aromatic rings. The third-order valence-electron chi connectivity index (χ3n) is 9.24. The van der Waals surface area contributed by atoms with Crippen LogP contribution in [0.15, 0.2) is 60.8 Å². The average molecular weight is 576 g/mol. The predicted molar refractivity (Wildman–Crippen MR) is 149 cm³/mol. The lowest BCUT2D eigenvalue weighted by Crippen LogP contribution is -2.51. The zero-order valence-electron chi connectivity index (χ0n) is 22.6. The normalized spacial score (nSPS) is 22.3. The number of carbonyl (C=O) groups excluding carboxylic acids is 3. The Labute approximate surface area is 239 Å². The first-order valence-corrected chi connectivity index (χ1v) is 14.0. The Bertz CT molecular complexity index is 1630. The number of nitrogens with zero attached hydrogens (tertiary/aromatic N) is 3. The van der Waals surface area contributed by atoms with Gasteiger partial charge in [-0.05, 0) is 79.7 Å². The van der Waals surface area contributed by atoms with E-state index in [4.69, 9.17) is 0 Å². The minimum Gasteiger partial charge on any atom is -0.325 e. The minimum absolute atomic E-state index is 0.0811. The van der Waals surface area contributed by atoms with Gasteiger partial charge in [-0.15, -0.1) is 0 Å². The molecule has 2 aromatic carbocycles. The molecule has 0 saturated carbocycles. The van der Waals surface area contributed by atoms with Crippen LogP contribution in [-0.2, 0) is 38.1 Å². The molecule has 0 radical (unpaired) electrons. The van der Waals surface area contributed by atoms with Gasteiger partial charge in [-0.3, -0.25) is 19.3 Å². The van der Waals surface area contributed by atoms with Crippen LogP contribution in [0.3, 0.4) is 0 Å². The molecule has 4 aliphatic rings. The lowest BCUT2D eigenvalue weighted by molar-refractivity contribution is -0.150. The van der Waals surface area contributed by atoms with Crippen LogP contribution in [0.4, 0.5) is 30.4 Å². The average Bonchev–Trinajstić information content (AvgIpc) is 3.54. The van der Waals surface area contributed by atoms with Crippen LogP contribution < -0.4 is 15.5 Å². The monoisotopic (exact) mass is 575 g/mol. The van der Waals surface area contributed by atoms with Gasteiger partial charge < -0.3 is 15.5 Å². The maximum absolute atomic E-state index is 13.8. The topological polar surface area (TPSA) is 94.6 Å². The number of hydrogen-bond acceptors (Lipinski definition) is 5. The van der Waals surface area contributed by atoms with E-state index in [0.717, 1.165) is 22.3 Å². The fourth-order valence-electron chi connectivity index (χ4n) is 7.27. The zero-order valence-corrected chi connectivity index (χ0v) is 22.6. The fourth-order valence-corrected chi connectivity index (χ4v) is 7.27. The highest BCUT2D eigenvalue weighted by Crippen LogP contribution is 2.49. The molecule has 1 saturated heterocycles. The van der Waals surface area contributed by atoms with E-state index in [0.29, 0.717) is 30.0 Å². The number of likely N-dealkylation sites (tertiary alicyclic amines) is 1. The Morgan fingerprint density at radius 3 is 2.48 bits per heavy atom. The summed E-state index contributed by atoms with van der Waals surface area (Å²) in [4.78, 5) is 47.2. The first-order chi connectivity index (χ1) is 20.1. The van der Waals surface area contributed by atoms with Crippen LogP contribution in [-0.4, -0.2) is 60.0 Å². The van der Waals surface area contributed by atoms with E-state index in [2.05, 4.69) is 15.6 Å². The van der Waals surface area contributed by atoms with Gasteiger partial charge in [0.1, 0.15) is 12.4 Å². The number of rotatable bonds is 4. The van der Waals surface area contributed by atoms with Crippen molar-refractivity contribution in [1.29, 1.82) is 0 Å². The first kappa shape index (κ1) is 26.6. The molecule has 3 aliphatic heterocycles. The SMILES string of the molecule is O=C(CN1C(=O)C2(CCN(CC(F)(F)F)CC2)c2ccccc21)Nc1ccc2c(c1)CC1(C2)C(=O)Nc2ncccc21. The predicted octanol–water partition coefficient (Wildman–Crippen LogP) is 3.95. The highest BCUT2D eigenvalue weighted by molar-refractivity contribution is 6.12. The smallest absolute Gasteiger partial charge is 0.325 e. The number of carbonyl (C=O) groups is 3. The maximum Gasteiger partial charge on any atom is 0.401 e. The van der Waals surface area contributed by atoms with E-state index < -0.39 is 23.6 Å². The van der Waals surface area contributed by atoms with E-state index in [1.807, 2.05) is 36.4 Å². The largest absolute Gasteiger partial charge is 0.401 e. The van der Waals surface area contributed by atoms with Gasteiger partial charge in [0.05, 0.1) is 17.4 Å². The van der Waals surface area contributed by atoms with Crippen molar-refractivity contribution < 1.29 is 27.6 Å². The Balaban J connectivity index is 1.07. The van der Waals surface area contributed by atoms with Gasteiger partial charge in [0.25, 0.3) is 0 Å². The summed E-state index contributed by atoms with van der Waals surface area (Å²) in [6.07, 6.45) is -1.09. The van der Waals surface area contributed by atoms with Gasteiger partial charge in [-0.2, -0.15) is 13.2 Å². The molecule has 1 aliphatic carbocycles. The molecule has 7 rings (SSSR count). The number of halogens is 3. The van der Waals surface area contributed by atoms with Crippen molar-refractivity contribution in [3.8, 4) is 0 Å². The third kappa shape index (κ3) is 4.17. The molecule has 2 N–H and O–H groups in total. The molecule has 11 heteroatoms. The van der Waals surface area contributed by atoms with Crippen molar-refractivity contribution in [3.63, 3.8) is 0 Å². The number of piperidine rings is 1. The molecule has 4 heterocycles. The summed E-state index contributed by atoms with van der Waals surface area (Å²) in [5.74, 6) is -0.128. The highest BCUT2D eigenvalue weighted by Gasteiger charge is 2.53. The summed E-state index contributed by atoms with van der Waals surface area (Å²) in [7, 11) is 0. The van der Waals surface area contributed by atoms with Gasteiger partial charge in [-0.1, -0.05) is 30.3 Å². The lowest BCUT2D eigenvalue weighted by Gasteiger charge is -2.38. The van der Waals surface area contributed by atoms with Crippen molar-refractivity contribution in [2.45, 2.75) is 42.7 Å². The van der Waals surface area contributed by atoms with Gasteiger partial charge in [0.15, 0.2) is 0 Å². The Kier molecular flexibility index (Phi) is 5.95. The van der Waals surface area contributed by atoms with Gasteiger partial charge in [0.2, 0.25) is 17.7 Å². The molecule has 1 aromatic heterocycles. The fraction of sp³-hybridized carbons (Fsp3) is 0.355. The van der Waals surface area contributed by atoms with Crippen LogP contribution >= 0.6 is 0 Å². The molecular weight excluding hydrogens is 547 g/mol. The Hall–Kier alpha value is -4.25. The van der Waals surface area contributed by atoms with Crippen molar-refractivity contribution >= 4 is 34.9 Å². The molecular formula is C31H28F3N5O3. The number of pyridine rings is 1. The van der Waals surface area contributed by atoms with Crippen LogP contribution in [0.2, 0.25) is 0 Å². The van der Waals surface area contributed by atoms with E-state index >= 15 is 0 Å². The molecule has 2 spiro atoms. The minimum atomic E-state index is -4.30. The third-order valence-corrected chi connectivity index (χ3v) is 9.24. The van der Waals surface area contributed by atoms with Gasteiger partial charge >= 0.3 is 6.18 Å². The summed E-state index contributed by atoms with van der Waals surface area (Å²) in [6, 6.07) is 16.6. The maximum atomic E-state index is 13.8. The molecule has 3 amide bonds. The van der Waals surface area contributed by atoms with Crippen molar-refractivity contribution in [3.05, 3.63) is 83.0 Å². The standard InChI is InChI=1S/C31H28F3N5O3/c32-31(33,34)18-38-12-9-29(10-13-38)22-4-1-2-6-24(22)39(28(29)42)17-25(40)36-21-8-7-19-15-30(16-20(19)14-21)23-5-3-11-35-26(23)37-27(30)41/h1-8,11,14H,9-10,12-13,15-18H2,(H,36,40)(H,35,37,41). The molecule has 0 bridgehead atoms. The van der Waals surface area contributed by atoms with E-state index in [1.54, 1.807) is 24.4 Å². The van der Waals surface area contributed by atoms with Crippen molar-refractivity contribution in [1.82, 2.24) is 9.88 Å². The second kappa shape index (κ2) is 9.38. The second-order valence-corrected chi connectivity index (χ2v) is 11.7. The van der Waals surface area contributed by atoms with Crippen LogP contribution in [0, 0.1) is 0 Å². The molecule has 8 nitrogen and oxygen atoms in total. The number of fused-ring (bicyclic) bond motifs is 5. The summed E-state index contributed by atoms with van der Waals surface area (Å²) in [5, 5.41) is 5.80. The number of aromatic nitrogens is 1. The summed E-state index contributed by atoms with van der Waals surface area (Å²) in [6.45, 7) is -0.920. The molecule has 1 unspecified atom stereocenters. The number of anilines is 3. The number of para-hydroxylation sites is 1. The van der Waals surface area contributed by atoms with Gasteiger partial charge in [0, 0.05) is 23.1 Å². The van der Waals surface area contributed by atoms with Crippen molar-refractivity contribution in [2.24, 2.45) is 0 Å². The quantitative estimate of drug-likeness (QED) is 0.492. The van der Waals surface area contributed by atoms with E-state index in [1.165, 1.54) is 9.80 Å². The van der Waals surface area contributed by atoms with Crippen LogP contribution in [0.25, 0.3) is 0 Å². The molecule has 42 heavy (non-hydrogen) atoms. The van der Waals surface area contributed by atoms with Crippen LogP contribution in [0.5, 0.6) is 0 Å². The number of benzene rings is 2. The molecule has 1 atom stereocenters. The number of alkyl halides is 3. The molecule has 216 valence electrons. The number of hydrogen-bond donors (Lipinski definition) is 2. The summed E-state index contributed by atoms with van der Waals surface area (Å²) >= 11 is 0. The number of amides is 3. The van der Waals surface area contributed by atoms with Crippen LogP contribution in [0.1, 0.15) is 35.1 Å². The van der Waals surface area contributed by atoms with Gasteiger partial charge in [-0.25, -0.2) is 4.98 Å². The summed E-state index contributed by atoms with van der Waals surface area (Å²) in [5.41, 5.74) is 3.17. The molecule has 1 fully saturated rings. The lowest BCUT2D eigenvalue weighted by atomic mass is 9.73. The van der Waals surface area contributed by atoms with E-state index in [-0.39, 0.29) is 50.2 Å². The first-order valence-electron chi connectivity index (χ1n) is 14.0. The van der Waals surface area contributed by atoms with Crippen molar-refractivity contribution in [2.75, 3.05) is 41.7 Å². The Morgan fingerprint density at radius 2 is 1.69 bits per heavy atom. The van der Waals surface area contributed by atoms with E-state index in [9.17, 15) is 27.6 Å². The highest BCUT2D eigenvalue weighted by atomic mass is 19.4. The second-order valence-electron chi connectivity index (χ2n) is 11.7. The number of nitrogens with one attached hydrogen (secondary N) is 2. The Morgan fingerprint density at radius 1 is 0.952 bits per heavy atom. The zero-order chi connectivity index (χ0) is 29.3.